The van der Waals surface area contributed by atoms with E-state index in [4.69, 9.17) is 4.42 Å². The van der Waals surface area contributed by atoms with E-state index in [-0.39, 0.29) is 5.69 Å². The zero-order valence-corrected chi connectivity index (χ0v) is 14.9. The second-order valence-corrected chi connectivity index (χ2v) is 7.16. The Labute approximate surface area is 152 Å². The maximum absolute atomic E-state index is 13.4. The van der Waals surface area contributed by atoms with E-state index >= 15 is 0 Å². The average Bonchev–Trinajstić information content (AvgIpc) is 3.24. The first-order valence-corrected chi connectivity index (χ1v) is 8.99. The van der Waals surface area contributed by atoms with Gasteiger partial charge in [0.1, 0.15) is 11.7 Å². The van der Waals surface area contributed by atoms with Gasteiger partial charge in [0.05, 0.1) is 6.26 Å². The number of rotatable bonds is 5. The third-order valence-corrected chi connectivity index (χ3v) is 5.16. The monoisotopic (exact) mass is 388 g/mol. The number of halogens is 3. The van der Waals surface area contributed by atoms with Gasteiger partial charge in [0.2, 0.25) is 0 Å². The lowest BCUT2D eigenvalue weighted by molar-refractivity contribution is -0.183. The van der Waals surface area contributed by atoms with Crippen LogP contribution in [0.1, 0.15) is 15.4 Å². The number of hydrogen-bond donors (Lipinski definition) is 2. The van der Waals surface area contributed by atoms with Crippen molar-refractivity contribution >= 4 is 17.2 Å². The molecule has 1 fully saturated rings. The zero-order chi connectivity index (χ0) is 18.7. The van der Waals surface area contributed by atoms with E-state index < -0.39 is 24.7 Å². The summed E-state index contributed by atoms with van der Waals surface area (Å²) in [5, 5.41) is 5.94. The molecule has 2 aromatic rings. The molecular formula is C16H19F3N4O2S. The van der Waals surface area contributed by atoms with Crippen LogP contribution in [-0.2, 0) is 0 Å². The molecule has 0 aliphatic carbocycles. The molecule has 0 bridgehead atoms. The van der Waals surface area contributed by atoms with E-state index in [1.54, 1.807) is 19.1 Å². The number of amides is 1. The van der Waals surface area contributed by atoms with Gasteiger partial charge in [0.15, 0.2) is 10.8 Å². The van der Waals surface area contributed by atoms with Gasteiger partial charge in [0.25, 0.3) is 5.91 Å². The SMILES string of the molecule is Cc1sc(-c2ccco2)nc1C(=O)NCC(N1CCNCC1)C(F)(F)F. The summed E-state index contributed by atoms with van der Waals surface area (Å²) >= 11 is 1.26. The number of aromatic nitrogens is 1. The quantitative estimate of drug-likeness (QED) is 0.823. The number of hydrogen-bond acceptors (Lipinski definition) is 6. The maximum Gasteiger partial charge on any atom is 0.405 e. The molecule has 1 atom stereocenters. The highest BCUT2D eigenvalue weighted by Crippen LogP contribution is 2.28. The second-order valence-electron chi connectivity index (χ2n) is 5.95. The van der Waals surface area contributed by atoms with Crippen LogP contribution in [-0.4, -0.2) is 60.7 Å². The molecule has 1 saturated heterocycles. The van der Waals surface area contributed by atoms with Gasteiger partial charge in [-0.05, 0) is 19.1 Å². The third kappa shape index (κ3) is 4.25. The summed E-state index contributed by atoms with van der Waals surface area (Å²) in [4.78, 5) is 18.6. The topological polar surface area (TPSA) is 70.4 Å². The number of thiazole rings is 1. The average molecular weight is 388 g/mol. The lowest BCUT2D eigenvalue weighted by atomic mass is 10.2. The van der Waals surface area contributed by atoms with Gasteiger partial charge in [-0.2, -0.15) is 13.2 Å². The van der Waals surface area contributed by atoms with Crippen LogP contribution in [0.2, 0.25) is 0 Å². The number of alkyl halides is 3. The number of aryl methyl sites for hydroxylation is 1. The number of nitrogens with zero attached hydrogens (tertiary/aromatic N) is 2. The Balaban J connectivity index is 1.68. The van der Waals surface area contributed by atoms with Gasteiger partial charge < -0.3 is 15.1 Å². The van der Waals surface area contributed by atoms with Crippen molar-refractivity contribution in [1.29, 1.82) is 0 Å². The van der Waals surface area contributed by atoms with Crippen LogP contribution >= 0.6 is 11.3 Å². The molecule has 2 aromatic heterocycles. The normalized spacial score (nSPS) is 17.2. The first-order chi connectivity index (χ1) is 12.4. The Morgan fingerprint density at radius 3 is 2.81 bits per heavy atom. The Hall–Kier alpha value is -1.91. The van der Waals surface area contributed by atoms with Gasteiger partial charge >= 0.3 is 6.18 Å². The van der Waals surface area contributed by atoms with Crippen molar-refractivity contribution in [3.63, 3.8) is 0 Å². The molecule has 0 saturated carbocycles. The molecular weight excluding hydrogens is 369 g/mol. The van der Waals surface area contributed by atoms with Gasteiger partial charge in [0, 0.05) is 37.6 Å². The second kappa shape index (κ2) is 7.77. The van der Waals surface area contributed by atoms with E-state index in [0.29, 0.717) is 41.8 Å². The predicted octanol–water partition coefficient (Wildman–Crippen LogP) is 2.28. The van der Waals surface area contributed by atoms with Gasteiger partial charge in [-0.1, -0.05) is 0 Å². The number of furan rings is 1. The lowest BCUT2D eigenvalue weighted by Crippen LogP contribution is -2.57. The van der Waals surface area contributed by atoms with Crippen LogP contribution in [0.3, 0.4) is 0 Å². The Morgan fingerprint density at radius 1 is 1.46 bits per heavy atom. The molecule has 1 aliphatic heterocycles. The summed E-state index contributed by atoms with van der Waals surface area (Å²) in [6.07, 6.45) is -2.92. The zero-order valence-electron chi connectivity index (χ0n) is 14.1. The van der Waals surface area contributed by atoms with Crippen molar-refractivity contribution in [3.8, 4) is 10.8 Å². The maximum atomic E-state index is 13.4. The molecule has 0 aromatic carbocycles. The van der Waals surface area contributed by atoms with Crippen molar-refractivity contribution in [1.82, 2.24) is 20.5 Å². The minimum absolute atomic E-state index is 0.127. The highest BCUT2D eigenvalue weighted by Gasteiger charge is 2.44. The molecule has 0 spiro atoms. The fourth-order valence-corrected chi connectivity index (χ4v) is 3.71. The van der Waals surface area contributed by atoms with Crippen molar-refractivity contribution in [2.24, 2.45) is 0 Å². The Morgan fingerprint density at radius 2 is 2.19 bits per heavy atom. The van der Waals surface area contributed by atoms with Gasteiger partial charge in [-0.15, -0.1) is 11.3 Å². The minimum Gasteiger partial charge on any atom is -0.462 e. The summed E-state index contributed by atoms with van der Waals surface area (Å²) in [5.41, 5.74) is 0.127. The fraction of sp³-hybridized carbons (Fsp3) is 0.500. The molecule has 26 heavy (non-hydrogen) atoms. The molecule has 1 amide bonds. The number of carbonyl (C=O) groups is 1. The molecule has 142 valence electrons. The fourth-order valence-electron chi connectivity index (χ4n) is 2.83. The highest BCUT2D eigenvalue weighted by atomic mass is 32.1. The molecule has 0 radical (unpaired) electrons. The molecule has 1 aliphatic rings. The molecule has 6 nitrogen and oxygen atoms in total. The Bertz CT molecular complexity index is 739. The standard InChI is InChI=1S/C16H19F3N4O2S/c1-10-13(22-15(26-10)11-3-2-8-25-11)14(24)21-9-12(16(17,18)19)23-6-4-20-5-7-23/h2-3,8,12,20H,4-7,9H2,1H3,(H,21,24). The van der Waals surface area contributed by atoms with Crippen LogP contribution in [0, 0.1) is 6.92 Å². The van der Waals surface area contributed by atoms with Crippen molar-refractivity contribution < 1.29 is 22.4 Å². The molecule has 2 N–H and O–H groups in total. The van der Waals surface area contributed by atoms with Crippen LogP contribution in [0.25, 0.3) is 10.8 Å². The van der Waals surface area contributed by atoms with E-state index in [2.05, 4.69) is 15.6 Å². The molecule has 3 rings (SSSR count). The van der Waals surface area contributed by atoms with E-state index in [0.717, 1.165) is 0 Å². The summed E-state index contributed by atoms with van der Waals surface area (Å²) in [6, 6.07) is 1.70. The van der Waals surface area contributed by atoms with E-state index in [1.807, 2.05) is 0 Å². The summed E-state index contributed by atoms with van der Waals surface area (Å²) in [5.74, 6) is -0.0907. The molecule has 1 unspecified atom stereocenters. The Kier molecular flexibility index (Phi) is 5.64. The molecule has 10 heteroatoms. The van der Waals surface area contributed by atoms with Crippen molar-refractivity contribution in [3.05, 3.63) is 29.0 Å². The van der Waals surface area contributed by atoms with Crippen LogP contribution in [0.5, 0.6) is 0 Å². The largest absolute Gasteiger partial charge is 0.462 e. The van der Waals surface area contributed by atoms with Gasteiger partial charge in [-0.25, -0.2) is 4.98 Å². The number of nitrogens with one attached hydrogen (secondary N) is 2. The van der Waals surface area contributed by atoms with Crippen LogP contribution < -0.4 is 10.6 Å². The first-order valence-electron chi connectivity index (χ1n) is 8.17. The molecule has 3 heterocycles. The summed E-state index contributed by atoms with van der Waals surface area (Å²) in [7, 11) is 0. The van der Waals surface area contributed by atoms with Crippen molar-refractivity contribution in [2.45, 2.75) is 19.1 Å². The van der Waals surface area contributed by atoms with Crippen LogP contribution in [0.4, 0.5) is 13.2 Å². The van der Waals surface area contributed by atoms with Crippen LogP contribution in [0.15, 0.2) is 22.8 Å². The third-order valence-electron chi connectivity index (χ3n) is 4.17. The predicted molar refractivity (Wildman–Crippen MR) is 91.2 cm³/mol. The highest BCUT2D eigenvalue weighted by molar-refractivity contribution is 7.15. The minimum atomic E-state index is -4.42. The summed E-state index contributed by atoms with van der Waals surface area (Å²) < 4.78 is 45.4. The van der Waals surface area contributed by atoms with Gasteiger partial charge in [-0.3, -0.25) is 9.69 Å². The number of carbonyl (C=O) groups excluding carboxylic acids is 1. The first kappa shape index (κ1) is 18.9. The van der Waals surface area contributed by atoms with E-state index in [9.17, 15) is 18.0 Å². The summed E-state index contributed by atoms with van der Waals surface area (Å²) in [6.45, 7) is 2.78. The van der Waals surface area contributed by atoms with Crippen molar-refractivity contribution in [2.75, 3.05) is 32.7 Å². The number of piperazine rings is 1. The van der Waals surface area contributed by atoms with E-state index in [1.165, 1.54) is 22.5 Å². The lowest BCUT2D eigenvalue weighted by Gasteiger charge is -2.35. The smallest absolute Gasteiger partial charge is 0.405 e.